The highest BCUT2D eigenvalue weighted by molar-refractivity contribution is 5.57. The van der Waals surface area contributed by atoms with E-state index in [0.717, 1.165) is 6.42 Å². The molecule has 1 nitrogen and oxygen atoms in total. The third-order valence-electron chi connectivity index (χ3n) is 1.75. The molecule has 0 aromatic rings. The minimum atomic E-state index is 0.274. The number of nitrogens with one attached hydrogen (secondary N) is 1. The van der Waals surface area contributed by atoms with Crippen LogP contribution in [0.1, 0.15) is 34.1 Å². The van der Waals surface area contributed by atoms with Crippen molar-refractivity contribution in [2.24, 2.45) is 11.3 Å². The minimum absolute atomic E-state index is 0.274. The molecule has 0 saturated carbocycles. The second-order valence-corrected chi connectivity index (χ2v) is 3.55. The van der Waals surface area contributed by atoms with E-state index in [4.69, 9.17) is 5.41 Å². The first kappa shape index (κ1) is 8.67. The molecule has 54 valence electrons. The van der Waals surface area contributed by atoms with E-state index in [-0.39, 0.29) is 5.41 Å². The Hall–Kier alpha value is -0.330. The second kappa shape index (κ2) is 3.00. The Morgan fingerprint density at radius 3 is 1.89 bits per heavy atom. The summed E-state index contributed by atoms with van der Waals surface area (Å²) in [7, 11) is 0. The van der Waals surface area contributed by atoms with Crippen LogP contribution in [0.15, 0.2) is 0 Å². The maximum atomic E-state index is 7.09. The summed E-state index contributed by atoms with van der Waals surface area (Å²) in [4.78, 5) is 0. The van der Waals surface area contributed by atoms with Gasteiger partial charge in [-0.3, -0.25) is 0 Å². The van der Waals surface area contributed by atoms with Crippen LogP contribution in [0.3, 0.4) is 0 Å². The molecule has 0 heterocycles. The highest BCUT2D eigenvalue weighted by Crippen LogP contribution is 2.26. The standard InChI is InChI=1S/C8H17N/c1-5-7(6-9)8(2,3)4/h6-7,9H,5H2,1-4H3. The fourth-order valence-electron chi connectivity index (χ4n) is 0.980. The third kappa shape index (κ3) is 2.64. The van der Waals surface area contributed by atoms with Gasteiger partial charge in [0, 0.05) is 0 Å². The van der Waals surface area contributed by atoms with Gasteiger partial charge in [-0.05, 0) is 24.0 Å². The normalized spacial score (nSPS) is 15.1. The van der Waals surface area contributed by atoms with E-state index in [9.17, 15) is 0 Å². The molecule has 0 aliphatic heterocycles. The van der Waals surface area contributed by atoms with E-state index in [0.29, 0.717) is 5.92 Å². The summed E-state index contributed by atoms with van der Waals surface area (Å²) in [6, 6.07) is 0. The van der Waals surface area contributed by atoms with Crippen molar-refractivity contribution in [2.45, 2.75) is 34.1 Å². The molecule has 0 saturated heterocycles. The Bertz CT molecular complexity index is 89.2. The number of hydrogen-bond donors (Lipinski definition) is 1. The molecule has 0 rings (SSSR count). The van der Waals surface area contributed by atoms with Gasteiger partial charge in [0.25, 0.3) is 0 Å². The molecule has 9 heavy (non-hydrogen) atoms. The molecular weight excluding hydrogens is 110 g/mol. The lowest BCUT2D eigenvalue weighted by molar-refractivity contribution is 0.310. The highest BCUT2D eigenvalue weighted by atomic mass is 14.4. The van der Waals surface area contributed by atoms with Crippen molar-refractivity contribution in [2.75, 3.05) is 0 Å². The summed E-state index contributed by atoms with van der Waals surface area (Å²) in [5.74, 6) is 0.442. The van der Waals surface area contributed by atoms with Crippen molar-refractivity contribution in [1.82, 2.24) is 0 Å². The van der Waals surface area contributed by atoms with Gasteiger partial charge in [0.1, 0.15) is 0 Å². The van der Waals surface area contributed by atoms with E-state index >= 15 is 0 Å². The molecule has 0 aliphatic carbocycles. The van der Waals surface area contributed by atoms with Crippen LogP contribution in [-0.2, 0) is 0 Å². The average Bonchev–Trinajstić information content (AvgIpc) is 1.65. The van der Waals surface area contributed by atoms with E-state index in [1.165, 1.54) is 0 Å². The molecule has 0 aliphatic rings. The topological polar surface area (TPSA) is 23.9 Å². The van der Waals surface area contributed by atoms with Gasteiger partial charge in [-0.2, -0.15) is 0 Å². The first-order chi connectivity index (χ1) is 4.02. The van der Waals surface area contributed by atoms with Crippen molar-refractivity contribution >= 4 is 6.21 Å². The van der Waals surface area contributed by atoms with Crippen LogP contribution in [0, 0.1) is 16.7 Å². The van der Waals surface area contributed by atoms with Gasteiger partial charge in [0.05, 0.1) is 0 Å². The third-order valence-corrected chi connectivity index (χ3v) is 1.75. The average molecular weight is 127 g/mol. The zero-order chi connectivity index (χ0) is 7.49. The van der Waals surface area contributed by atoms with Crippen LogP contribution >= 0.6 is 0 Å². The van der Waals surface area contributed by atoms with Gasteiger partial charge in [-0.15, -0.1) is 0 Å². The number of hydrogen-bond acceptors (Lipinski definition) is 1. The molecule has 0 radical (unpaired) electrons. The zero-order valence-corrected chi connectivity index (χ0v) is 6.86. The summed E-state index contributed by atoms with van der Waals surface area (Å²) < 4.78 is 0. The summed E-state index contributed by atoms with van der Waals surface area (Å²) in [6.07, 6.45) is 2.63. The SMILES string of the molecule is CCC(C=N)C(C)(C)C. The van der Waals surface area contributed by atoms with Crippen molar-refractivity contribution in [3.63, 3.8) is 0 Å². The molecule has 0 bridgehead atoms. The summed E-state index contributed by atoms with van der Waals surface area (Å²) >= 11 is 0. The predicted molar refractivity (Wildman–Crippen MR) is 42.0 cm³/mol. The molecule has 1 atom stereocenters. The molecular formula is C8H17N. The quantitative estimate of drug-likeness (QED) is 0.551. The first-order valence-electron chi connectivity index (χ1n) is 3.53. The molecule has 0 amide bonds. The van der Waals surface area contributed by atoms with Gasteiger partial charge in [-0.25, -0.2) is 0 Å². The minimum Gasteiger partial charge on any atom is -0.313 e. The summed E-state index contributed by atoms with van der Waals surface area (Å²) in [5.41, 5.74) is 0.274. The molecule has 0 aromatic carbocycles. The Balaban J connectivity index is 3.94. The Morgan fingerprint density at radius 1 is 1.44 bits per heavy atom. The van der Waals surface area contributed by atoms with E-state index in [1.54, 1.807) is 6.21 Å². The largest absolute Gasteiger partial charge is 0.313 e. The Morgan fingerprint density at radius 2 is 1.89 bits per heavy atom. The predicted octanol–water partition coefficient (Wildman–Crippen LogP) is 2.71. The van der Waals surface area contributed by atoms with E-state index in [1.807, 2.05) is 0 Å². The lowest BCUT2D eigenvalue weighted by atomic mass is 9.80. The maximum absolute atomic E-state index is 7.09. The molecule has 1 unspecified atom stereocenters. The van der Waals surface area contributed by atoms with Gasteiger partial charge in [0.2, 0.25) is 0 Å². The van der Waals surface area contributed by atoms with Crippen molar-refractivity contribution in [3.05, 3.63) is 0 Å². The van der Waals surface area contributed by atoms with Gasteiger partial charge in [-0.1, -0.05) is 27.7 Å². The van der Waals surface area contributed by atoms with Crippen LogP contribution in [0.5, 0.6) is 0 Å². The highest BCUT2D eigenvalue weighted by Gasteiger charge is 2.19. The summed E-state index contributed by atoms with van der Waals surface area (Å²) in [6.45, 7) is 8.64. The second-order valence-electron chi connectivity index (χ2n) is 3.55. The molecule has 1 N–H and O–H groups in total. The molecule has 0 aromatic heterocycles. The monoisotopic (exact) mass is 127 g/mol. The van der Waals surface area contributed by atoms with Crippen LogP contribution in [0.4, 0.5) is 0 Å². The van der Waals surface area contributed by atoms with E-state index in [2.05, 4.69) is 27.7 Å². The fraction of sp³-hybridized carbons (Fsp3) is 0.875. The Labute approximate surface area is 58.0 Å². The van der Waals surface area contributed by atoms with Crippen LogP contribution in [0.2, 0.25) is 0 Å². The molecule has 1 heteroatoms. The molecule has 0 fully saturated rings. The first-order valence-corrected chi connectivity index (χ1v) is 3.53. The van der Waals surface area contributed by atoms with Crippen LogP contribution in [0.25, 0.3) is 0 Å². The van der Waals surface area contributed by atoms with Crippen molar-refractivity contribution in [1.29, 1.82) is 5.41 Å². The number of rotatable bonds is 2. The molecule has 0 spiro atoms. The van der Waals surface area contributed by atoms with Gasteiger partial charge in [0.15, 0.2) is 0 Å². The maximum Gasteiger partial charge on any atom is -0.00116 e. The zero-order valence-electron chi connectivity index (χ0n) is 6.86. The summed E-state index contributed by atoms with van der Waals surface area (Å²) in [5, 5.41) is 7.09. The van der Waals surface area contributed by atoms with Crippen LogP contribution < -0.4 is 0 Å². The smallest absolute Gasteiger partial charge is 0.00116 e. The van der Waals surface area contributed by atoms with Gasteiger partial charge >= 0.3 is 0 Å². The van der Waals surface area contributed by atoms with Crippen molar-refractivity contribution < 1.29 is 0 Å². The lowest BCUT2D eigenvalue weighted by Crippen LogP contribution is -2.20. The van der Waals surface area contributed by atoms with E-state index < -0.39 is 0 Å². The Kier molecular flexibility index (Phi) is 2.89. The van der Waals surface area contributed by atoms with Crippen LogP contribution in [-0.4, -0.2) is 6.21 Å². The van der Waals surface area contributed by atoms with Crippen molar-refractivity contribution in [3.8, 4) is 0 Å². The fourth-order valence-corrected chi connectivity index (χ4v) is 0.980. The lowest BCUT2D eigenvalue weighted by Gasteiger charge is -2.25. The van der Waals surface area contributed by atoms with Gasteiger partial charge < -0.3 is 5.41 Å².